The van der Waals surface area contributed by atoms with Crippen LogP contribution in [-0.2, 0) is 9.59 Å². The molecule has 156 valence electrons. The van der Waals surface area contributed by atoms with Crippen molar-refractivity contribution >= 4 is 11.8 Å². The standard InChI is InChI=1S/C21H33N3O4/c1-21(2,3)22-19(25)13-23(4)14-20(26)24-11-7-8-17(24)16-12-15(27-5)9-10-18(16)28-6/h9-10,12,17H,7-8,11,13-14H2,1-6H3,(H,22,25)/t17-/m1/s1. The van der Waals surface area contributed by atoms with Crippen molar-refractivity contribution in [1.29, 1.82) is 0 Å². The molecule has 1 atom stereocenters. The van der Waals surface area contributed by atoms with Crippen LogP contribution in [0.4, 0.5) is 0 Å². The van der Waals surface area contributed by atoms with Gasteiger partial charge in [0, 0.05) is 17.6 Å². The van der Waals surface area contributed by atoms with Gasteiger partial charge in [0.1, 0.15) is 11.5 Å². The number of carbonyl (C=O) groups excluding carboxylic acids is 2. The molecule has 7 heteroatoms. The molecule has 2 rings (SSSR count). The first-order valence-electron chi connectivity index (χ1n) is 9.65. The van der Waals surface area contributed by atoms with Crippen LogP contribution in [0, 0.1) is 0 Å². The lowest BCUT2D eigenvalue weighted by Crippen LogP contribution is -2.47. The minimum atomic E-state index is -0.287. The lowest BCUT2D eigenvalue weighted by Gasteiger charge is -2.29. The number of likely N-dealkylation sites (N-methyl/N-ethyl adjacent to an activating group) is 1. The number of benzene rings is 1. The first-order chi connectivity index (χ1) is 13.1. The lowest BCUT2D eigenvalue weighted by molar-refractivity contribution is -0.133. The SMILES string of the molecule is COc1ccc(OC)c([C@H]2CCCN2C(=O)CN(C)CC(=O)NC(C)(C)C)c1. The lowest BCUT2D eigenvalue weighted by atomic mass is 10.0. The van der Waals surface area contributed by atoms with Crippen LogP contribution in [0.3, 0.4) is 0 Å². The molecule has 1 aromatic rings. The molecule has 0 spiro atoms. The summed E-state index contributed by atoms with van der Waals surface area (Å²) in [5.74, 6) is 1.42. The smallest absolute Gasteiger partial charge is 0.237 e. The maximum Gasteiger partial charge on any atom is 0.237 e. The van der Waals surface area contributed by atoms with Gasteiger partial charge in [0.25, 0.3) is 0 Å². The van der Waals surface area contributed by atoms with Gasteiger partial charge in [-0.05, 0) is 58.9 Å². The summed E-state index contributed by atoms with van der Waals surface area (Å²) in [6, 6.07) is 5.62. The molecule has 0 unspecified atom stereocenters. The minimum Gasteiger partial charge on any atom is -0.497 e. The van der Waals surface area contributed by atoms with Crippen LogP contribution >= 0.6 is 0 Å². The average molecular weight is 392 g/mol. The van der Waals surface area contributed by atoms with Gasteiger partial charge in [-0.3, -0.25) is 14.5 Å². The van der Waals surface area contributed by atoms with E-state index in [-0.39, 0.29) is 36.5 Å². The molecule has 0 bridgehead atoms. The molecule has 28 heavy (non-hydrogen) atoms. The van der Waals surface area contributed by atoms with Crippen molar-refractivity contribution in [2.24, 2.45) is 0 Å². The van der Waals surface area contributed by atoms with Crippen molar-refractivity contribution in [1.82, 2.24) is 15.1 Å². The number of rotatable bonds is 7. The highest BCUT2D eigenvalue weighted by Gasteiger charge is 2.32. The molecule has 0 aliphatic carbocycles. The predicted molar refractivity (Wildman–Crippen MR) is 109 cm³/mol. The van der Waals surface area contributed by atoms with Crippen molar-refractivity contribution in [2.45, 2.75) is 45.2 Å². The van der Waals surface area contributed by atoms with E-state index in [4.69, 9.17) is 9.47 Å². The van der Waals surface area contributed by atoms with Gasteiger partial charge in [0.15, 0.2) is 0 Å². The molecule has 0 radical (unpaired) electrons. The van der Waals surface area contributed by atoms with Crippen LogP contribution in [0.5, 0.6) is 11.5 Å². The number of hydrogen-bond acceptors (Lipinski definition) is 5. The quantitative estimate of drug-likeness (QED) is 0.772. The van der Waals surface area contributed by atoms with E-state index in [1.807, 2.05) is 43.9 Å². The van der Waals surface area contributed by atoms with E-state index in [9.17, 15) is 9.59 Å². The first kappa shape index (κ1) is 22.0. The monoisotopic (exact) mass is 391 g/mol. The van der Waals surface area contributed by atoms with Crippen LogP contribution in [-0.4, -0.2) is 68.1 Å². The fraction of sp³-hybridized carbons (Fsp3) is 0.619. The van der Waals surface area contributed by atoms with Crippen molar-refractivity contribution < 1.29 is 19.1 Å². The van der Waals surface area contributed by atoms with Crippen LogP contribution in [0.1, 0.15) is 45.2 Å². The Morgan fingerprint density at radius 3 is 2.54 bits per heavy atom. The van der Waals surface area contributed by atoms with Gasteiger partial charge in [0.05, 0.1) is 33.4 Å². The van der Waals surface area contributed by atoms with Gasteiger partial charge in [-0.15, -0.1) is 0 Å². The van der Waals surface area contributed by atoms with Gasteiger partial charge < -0.3 is 19.7 Å². The second-order valence-electron chi connectivity index (χ2n) is 8.32. The molecule has 1 fully saturated rings. The second kappa shape index (κ2) is 9.28. The minimum absolute atomic E-state index is 0.0124. The molecular weight excluding hydrogens is 358 g/mol. The zero-order valence-corrected chi connectivity index (χ0v) is 17.9. The fourth-order valence-electron chi connectivity index (χ4n) is 3.57. The molecule has 1 aliphatic rings. The summed E-state index contributed by atoms with van der Waals surface area (Å²) in [5.41, 5.74) is 0.672. The number of hydrogen-bond donors (Lipinski definition) is 1. The van der Waals surface area contributed by atoms with Crippen molar-refractivity contribution in [3.05, 3.63) is 23.8 Å². The topological polar surface area (TPSA) is 71.1 Å². The predicted octanol–water partition coefficient (Wildman–Crippen LogP) is 2.21. The molecule has 1 aliphatic heterocycles. The third kappa shape index (κ3) is 5.86. The number of nitrogens with one attached hydrogen (secondary N) is 1. The maximum atomic E-state index is 12.9. The van der Waals surface area contributed by atoms with Gasteiger partial charge in [-0.1, -0.05) is 0 Å². The summed E-state index contributed by atoms with van der Waals surface area (Å²) in [6.45, 7) is 6.89. The van der Waals surface area contributed by atoms with Crippen molar-refractivity contribution in [3.8, 4) is 11.5 Å². The van der Waals surface area contributed by atoms with E-state index < -0.39 is 0 Å². The zero-order chi connectivity index (χ0) is 20.9. The van der Waals surface area contributed by atoms with E-state index in [1.54, 1.807) is 26.2 Å². The summed E-state index contributed by atoms with van der Waals surface area (Å²) in [6.07, 6.45) is 1.81. The van der Waals surface area contributed by atoms with Gasteiger partial charge in [-0.25, -0.2) is 0 Å². The largest absolute Gasteiger partial charge is 0.497 e. The van der Waals surface area contributed by atoms with E-state index in [2.05, 4.69) is 5.32 Å². The van der Waals surface area contributed by atoms with Crippen LogP contribution < -0.4 is 14.8 Å². The van der Waals surface area contributed by atoms with Crippen molar-refractivity contribution in [3.63, 3.8) is 0 Å². The molecular formula is C21H33N3O4. The summed E-state index contributed by atoms with van der Waals surface area (Å²) < 4.78 is 10.9. The third-order valence-electron chi connectivity index (χ3n) is 4.70. The Morgan fingerprint density at radius 2 is 1.93 bits per heavy atom. The Hall–Kier alpha value is -2.28. The molecule has 7 nitrogen and oxygen atoms in total. The van der Waals surface area contributed by atoms with E-state index in [0.29, 0.717) is 6.54 Å². The number of carbonyl (C=O) groups is 2. The van der Waals surface area contributed by atoms with Gasteiger partial charge in [-0.2, -0.15) is 0 Å². The molecule has 1 heterocycles. The van der Waals surface area contributed by atoms with Crippen LogP contribution in [0.15, 0.2) is 18.2 Å². The number of amides is 2. The summed E-state index contributed by atoms with van der Waals surface area (Å²) >= 11 is 0. The Labute approximate surface area is 168 Å². The average Bonchev–Trinajstić information content (AvgIpc) is 3.08. The number of nitrogens with zero attached hydrogens (tertiary/aromatic N) is 2. The highest BCUT2D eigenvalue weighted by molar-refractivity contribution is 5.82. The zero-order valence-electron chi connectivity index (χ0n) is 17.9. The molecule has 2 amide bonds. The Morgan fingerprint density at radius 1 is 1.21 bits per heavy atom. The molecule has 1 aromatic carbocycles. The molecule has 1 N–H and O–H groups in total. The van der Waals surface area contributed by atoms with Gasteiger partial charge >= 0.3 is 0 Å². The highest BCUT2D eigenvalue weighted by atomic mass is 16.5. The Balaban J connectivity index is 2.06. The normalized spacial score (nSPS) is 17.0. The highest BCUT2D eigenvalue weighted by Crippen LogP contribution is 2.38. The summed E-state index contributed by atoms with van der Waals surface area (Å²) in [7, 11) is 5.05. The molecule has 0 aromatic heterocycles. The summed E-state index contributed by atoms with van der Waals surface area (Å²) in [5, 5.41) is 2.92. The van der Waals surface area contributed by atoms with E-state index in [1.165, 1.54) is 0 Å². The second-order valence-corrected chi connectivity index (χ2v) is 8.32. The first-order valence-corrected chi connectivity index (χ1v) is 9.65. The number of ether oxygens (including phenoxy) is 2. The number of likely N-dealkylation sites (tertiary alicyclic amines) is 1. The van der Waals surface area contributed by atoms with E-state index in [0.717, 1.165) is 29.9 Å². The molecule has 1 saturated heterocycles. The number of methoxy groups -OCH3 is 2. The Kier molecular flexibility index (Phi) is 7.29. The van der Waals surface area contributed by atoms with Crippen LogP contribution in [0.2, 0.25) is 0 Å². The Bertz CT molecular complexity index is 699. The third-order valence-corrected chi connectivity index (χ3v) is 4.70. The van der Waals surface area contributed by atoms with Crippen LogP contribution in [0.25, 0.3) is 0 Å². The van der Waals surface area contributed by atoms with Crippen molar-refractivity contribution in [2.75, 3.05) is 40.9 Å². The van der Waals surface area contributed by atoms with Gasteiger partial charge in [0.2, 0.25) is 11.8 Å². The van der Waals surface area contributed by atoms with E-state index >= 15 is 0 Å². The summed E-state index contributed by atoms with van der Waals surface area (Å²) in [4.78, 5) is 28.7. The maximum absolute atomic E-state index is 12.9. The molecule has 0 saturated carbocycles. The fourth-order valence-corrected chi connectivity index (χ4v) is 3.57.